The summed E-state index contributed by atoms with van der Waals surface area (Å²) >= 11 is 0. The van der Waals surface area contributed by atoms with Crippen LogP contribution in [0, 0.1) is 0 Å². The molecule has 0 amide bonds. The molecule has 0 bridgehead atoms. The Hall–Kier alpha value is -2.83. The van der Waals surface area contributed by atoms with Gasteiger partial charge in [0.1, 0.15) is 24.1 Å². The molecule has 0 radical (unpaired) electrons. The molecule has 7 heteroatoms. The van der Waals surface area contributed by atoms with Crippen molar-refractivity contribution in [2.75, 3.05) is 21.3 Å². The molecule has 0 unspecified atom stereocenters. The van der Waals surface area contributed by atoms with Gasteiger partial charge in [-0.1, -0.05) is 35.4 Å². The fourth-order valence-corrected chi connectivity index (χ4v) is 1.90. The zero-order valence-electron chi connectivity index (χ0n) is 14.5. The summed E-state index contributed by atoms with van der Waals surface area (Å²) in [5, 5.41) is 7.94. The highest BCUT2D eigenvalue weighted by Crippen LogP contribution is 2.27. The summed E-state index contributed by atoms with van der Waals surface area (Å²) in [4.78, 5) is 22.2. The molecule has 1 aromatic rings. The highest BCUT2D eigenvalue weighted by atomic mass is 16.6. The second kappa shape index (κ2) is 10.0. The predicted octanol–water partition coefficient (Wildman–Crippen LogP) is 3.01. The van der Waals surface area contributed by atoms with Gasteiger partial charge in [-0.2, -0.15) is 0 Å². The highest BCUT2D eigenvalue weighted by molar-refractivity contribution is 6.41. The van der Waals surface area contributed by atoms with Gasteiger partial charge in [-0.05, 0) is 19.4 Å². The number of hydrogen-bond acceptors (Lipinski definition) is 7. The molecule has 0 aliphatic rings. The maximum Gasteiger partial charge on any atom is 0.341 e. The minimum Gasteiger partial charge on any atom is -0.503 e. The Morgan fingerprint density at radius 2 is 1.88 bits per heavy atom. The van der Waals surface area contributed by atoms with Gasteiger partial charge in [0.2, 0.25) is 0 Å². The van der Waals surface area contributed by atoms with E-state index in [4.69, 9.17) is 19.1 Å². The van der Waals surface area contributed by atoms with Crippen molar-refractivity contribution < 1.29 is 23.9 Å². The van der Waals surface area contributed by atoms with Crippen LogP contribution in [0.15, 0.2) is 40.8 Å². The first-order valence-electron chi connectivity index (χ1n) is 7.31. The van der Waals surface area contributed by atoms with Crippen molar-refractivity contribution in [3.63, 3.8) is 0 Å². The molecule has 7 nitrogen and oxygen atoms in total. The molecule has 0 aromatic heterocycles. The number of methoxy groups -OCH3 is 2. The van der Waals surface area contributed by atoms with E-state index in [1.54, 1.807) is 31.2 Å². The Labute approximate surface area is 141 Å². The maximum absolute atomic E-state index is 11.9. The molecule has 0 atom stereocenters. The predicted molar refractivity (Wildman–Crippen MR) is 91.9 cm³/mol. The zero-order chi connectivity index (χ0) is 17.9. The average Bonchev–Trinajstić information content (AvgIpc) is 2.60. The van der Waals surface area contributed by atoms with Gasteiger partial charge in [0.05, 0.1) is 20.5 Å². The first-order chi connectivity index (χ1) is 11.6. The summed E-state index contributed by atoms with van der Waals surface area (Å²) in [6.45, 7) is 3.69. The van der Waals surface area contributed by atoms with Crippen LogP contribution in [-0.4, -0.2) is 38.7 Å². The quantitative estimate of drug-likeness (QED) is 0.240. The van der Waals surface area contributed by atoms with Crippen molar-refractivity contribution in [2.45, 2.75) is 20.3 Å². The van der Waals surface area contributed by atoms with Crippen molar-refractivity contribution in [3.8, 4) is 5.75 Å². The molecule has 0 aliphatic heterocycles. The van der Waals surface area contributed by atoms with Crippen molar-refractivity contribution in [1.29, 1.82) is 0 Å². The van der Waals surface area contributed by atoms with E-state index in [1.165, 1.54) is 27.6 Å². The van der Waals surface area contributed by atoms with Crippen LogP contribution in [0.25, 0.3) is 5.57 Å². The van der Waals surface area contributed by atoms with Gasteiger partial charge < -0.3 is 19.1 Å². The molecular weight excluding hydrogens is 312 g/mol. The molecule has 0 saturated heterocycles. The standard InChI is InChI=1S/C17H22N2O5/c1-6-15(12(2)18-23-5)19-24-16-10-8-7-9-13(16)14(11-21-3)17(20)22-4/h7-11H,6H2,1-5H3/b14-11-,18-12+,19-15+. The Morgan fingerprint density at radius 1 is 1.17 bits per heavy atom. The monoisotopic (exact) mass is 334 g/mol. The lowest BCUT2D eigenvalue weighted by Crippen LogP contribution is -2.12. The van der Waals surface area contributed by atoms with Gasteiger partial charge in [0.25, 0.3) is 0 Å². The van der Waals surface area contributed by atoms with Crippen LogP contribution < -0.4 is 4.84 Å². The third-order valence-electron chi connectivity index (χ3n) is 3.05. The molecule has 0 aliphatic carbocycles. The number of esters is 1. The molecular formula is C17H22N2O5. The zero-order valence-corrected chi connectivity index (χ0v) is 14.5. The van der Waals surface area contributed by atoms with Crippen molar-refractivity contribution in [2.24, 2.45) is 10.3 Å². The summed E-state index contributed by atoms with van der Waals surface area (Å²) in [5.41, 5.74) is 1.97. The normalized spacial score (nSPS) is 12.6. The third kappa shape index (κ3) is 5.12. The molecule has 24 heavy (non-hydrogen) atoms. The van der Waals surface area contributed by atoms with E-state index < -0.39 is 5.97 Å². The number of benzene rings is 1. The van der Waals surface area contributed by atoms with Gasteiger partial charge in [-0.15, -0.1) is 0 Å². The van der Waals surface area contributed by atoms with Crippen LogP contribution >= 0.6 is 0 Å². The van der Waals surface area contributed by atoms with E-state index in [0.29, 0.717) is 29.2 Å². The first kappa shape index (κ1) is 19.2. The van der Waals surface area contributed by atoms with Crippen molar-refractivity contribution in [3.05, 3.63) is 36.1 Å². The lowest BCUT2D eigenvalue weighted by molar-refractivity contribution is -0.133. The molecule has 0 N–H and O–H groups in total. The van der Waals surface area contributed by atoms with Crippen LogP contribution in [0.5, 0.6) is 5.75 Å². The van der Waals surface area contributed by atoms with E-state index in [1.807, 2.05) is 6.92 Å². The number of para-hydroxylation sites is 1. The summed E-state index contributed by atoms with van der Waals surface area (Å²) in [5.74, 6) is -0.146. The Balaban J connectivity index is 3.21. The van der Waals surface area contributed by atoms with Gasteiger partial charge in [-0.3, -0.25) is 0 Å². The Kier molecular flexibility index (Phi) is 8.04. The summed E-state index contributed by atoms with van der Waals surface area (Å²) in [6, 6.07) is 6.96. The molecule has 1 aromatic carbocycles. The van der Waals surface area contributed by atoms with Crippen LogP contribution in [0.2, 0.25) is 0 Å². The number of ether oxygens (including phenoxy) is 2. The highest BCUT2D eigenvalue weighted by Gasteiger charge is 2.18. The SMILES string of the molecule is CCC(=N\Oc1ccccc1/C(=C/OC)C(=O)OC)/C(C)=N/OC. The average molecular weight is 334 g/mol. The van der Waals surface area contributed by atoms with E-state index in [9.17, 15) is 4.79 Å². The summed E-state index contributed by atoms with van der Waals surface area (Å²) in [6.07, 6.45) is 1.91. The van der Waals surface area contributed by atoms with Crippen LogP contribution in [0.4, 0.5) is 0 Å². The second-order valence-corrected chi connectivity index (χ2v) is 4.60. The van der Waals surface area contributed by atoms with Gasteiger partial charge >= 0.3 is 5.97 Å². The molecule has 0 spiro atoms. The fraction of sp³-hybridized carbons (Fsp3) is 0.353. The van der Waals surface area contributed by atoms with Crippen LogP contribution in [0.3, 0.4) is 0 Å². The molecule has 0 heterocycles. The minimum absolute atomic E-state index is 0.228. The fourth-order valence-electron chi connectivity index (χ4n) is 1.90. The van der Waals surface area contributed by atoms with E-state index in [2.05, 4.69) is 10.3 Å². The molecule has 0 saturated carbocycles. The lowest BCUT2D eigenvalue weighted by Gasteiger charge is -2.10. The van der Waals surface area contributed by atoms with Crippen molar-refractivity contribution in [1.82, 2.24) is 0 Å². The number of nitrogens with zero attached hydrogens (tertiary/aromatic N) is 2. The first-order valence-corrected chi connectivity index (χ1v) is 7.31. The van der Waals surface area contributed by atoms with E-state index in [-0.39, 0.29) is 5.57 Å². The van der Waals surface area contributed by atoms with Gasteiger partial charge in [-0.25, -0.2) is 4.79 Å². The number of carbonyl (C=O) groups excluding carboxylic acids is 1. The topological polar surface area (TPSA) is 78.7 Å². The molecule has 130 valence electrons. The van der Waals surface area contributed by atoms with Gasteiger partial charge in [0.15, 0.2) is 5.75 Å². The van der Waals surface area contributed by atoms with E-state index in [0.717, 1.165) is 0 Å². The van der Waals surface area contributed by atoms with Crippen molar-refractivity contribution >= 4 is 23.0 Å². The molecule has 1 rings (SSSR count). The maximum atomic E-state index is 11.9. The summed E-state index contributed by atoms with van der Waals surface area (Å²) < 4.78 is 9.74. The smallest absolute Gasteiger partial charge is 0.341 e. The Morgan fingerprint density at radius 3 is 2.46 bits per heavy atom. The number of carbonyl (C=O) groups is 1. The molecule has 0 fully saturated rings. The van der Waals surface area contributed by atoms with Crippen LogP contribution in [-0.2, 0) is 19.1 Å². The van der Waals surface area contributed by atoms with E-state index >= 15 is 0 Å². The number of oxime groups is 2. The minimum atomic E-state index is -0.537. The Bertz CT molecular complexity index is 650. The van der Waals surface area contributed by atoms with Crippen LogP contribution in [0.1, 0.15) is 25.8 Å². The number of rotatable bonds is 8. The third-order valence-corrected chi connectivity index (χ3v) is 3.05. The van der Waals surface area contributed by atoms with Gasteiger partial charge in [0, 0.05) is 5.56 Å². The second-order valence-electron chi connectivity index (χ2n) is 4.60. The number of hydrogen-bond donors (Lipinski definition) is 0. The summed E-state index contributed by atoms with van der Waals surface area (Å²) in [7, 11) is 4.21. The largest absolute Gasteiger partial charge is 0.503 e. The lowest BCUT2D eigenvalue weighted by atomic mass is 10.1.